The van der Waals surface area contributed by atoms with Crippen molar-refractivity contribution in [2.45, 2.75) is 31.4 Å². The van der Waals surface area contributed by atoms with Crippen molar-refractivity contribution in [2.75, 3.05) is 5.75 Å². The van der Waals surface area contributed by atoms with Crippen LogP contribution in [0.4, 0.5) is 4.39 Å². The van der Waals surface area contributed by atoms with Crippen molar-refractivity contribution in [1.82, 2.24) is 10.5 Å². The first-order valence-electron chi connectivity index (χ1n) is 10.7. The molecule has 0 bridgehead atoms. The van der Waals surface area contributed by atoms with E-state index >= 15 is 0 Å². The molecule has 1 atom stereocenters. The van der Waals surface area contributed by atoms with Crippen LogP contribution in [-0.4, -0.2) is 24.4 Å². The van der Waals surface area contributed by atoms with Gasteiger partial charge < -0.3 is 9.94 Å². The molecule has 0 spiro atoms. The molecule has 1 unspecified atom stereocenters. The molecule has 1 heterocycles. The highest BCUT2D eigenvalue weighted by Crippen LogP contribution is 2.25. The van der Waals surface area contributed by atoms with Gasteiger partial charge in [-0.1, -0.05) is 24.3 Å². The number of halogens is 1. The van der Waals surface area contributed by atoms with Gasteiger partial charge >= 0.3 is 0 Å². The first-order valence-corrected chi connectivity index (χ1v) is 12.4. The summed E-state index contributed by atoms with van der Waals surface area (Å²) in [5.74, 6) is -0.174. The lowest BCUT2D eigenvalue weighted by molar-refractivity contribution is 0.134. The predicted molar refractivity (Wildman–Crippen MR) is 128 cm³/mol. The molecule has 4 rings (SSSR count). The number of hydrogen-bond acceptors (Lipinski definition) is 6. The summed E-state index contributed by atoms with van der Waals surface area (Å²) in [6, 6.07) is 18.9. The number of pyridine rings is 1. The Bertz CT molecular complexity index is 1420. The van der Waals surface area contributed by atoms with Gasteiger partial charge in [0.1, 0.15) is 18.2 Å². The molecule has 176 valence electrons. The molecule has 2 N–H and O–H groups in total. The topological polar surface area (TPSA) is 88.5 Å². The second-order valence-corrected chi connectivity index (χ2v) is 10.2. The van der Waals surface area contributed by atoms with E-state index in [1.165, 1.54) is 24.3 Å². The van der Waals surface area contributed by atoms with Gasteiger partial charge in [0, 0.05) is 16.6 Å². The molecule has 0 aliphatic heterocycles. The molecule has 0 aliphatic carbocycles. The number of benzene rings is 3. The molecule has 4 aromatic rings. The first kappa shape index (κ1) is 23.8. The van der Waals surface area contributed by atoms with Gasteiger partial charge in [-0.2, -0.15) is 5.48 Å². The Hall–Kier alpha value is -3.33. The molecule has 1 aromatic heterocycles. The number of aryl methyl sites for hydroxylation is 2. The van der Waals surface area contributed by atoms with Gasteiger partial charge in [-0.3, -0.25) is 4.98 Å². The minimum Gasteiger partial charge on any atom is -0.489 e. The van der Waals surface area contributed by atoms with Crippen molar-refractivity contribution >= 4 is 20.7 Å². The average Bonchev–Trinajstić information content (AvgIpc) is 2.82. The van der Waals surface area contributed by atoms with E-state index in [-0.39, 0.29) is 23.1 Å². The smallest absolute Gasteiger partial charge is 0.180 e. The molecular formula is C26H25FN2O4S. The van der Waals surface area contributed by atoms with Crippen LogP contribution in [0, 0.1) is 19.7 Å². The van der Waals surface area contributed by atoms with E-state index in [0.29, 0.717) is 22.2 Å². The summed E-state index contributed by atoms with van der Waals surface area (Å²) in [4.78, 5) is 4.54. The highest BCUT2D eigenvalue weighted by atomic mass is 32.2. The fourth-order valence-corrected chi connectivity index (χ4v) is 5.36. The van der Waals surface area contributed by atoms with Crippen molar-refractivity contribution in [3.63, 3.8) is 0 Å². The minimum atomic E-state index is -3.69. The van der Waals surface area contributed by atoms with Crippen LogP contribution < -0.4 is 10.2 Å². The predicted octanol–water partition coefficient (Wildman–Crippen LogP) is 5.06. The second kappa shape index (κ2) is 9.89. The summed E-state index contributed by atoms with van der Waals surface area (Å²) in [7, 11) is -3.69. The number of aromatic nitrogens is 1. The zero-order valence-corrected chi connectivity index (χ0v) is 19.6. The number of nitrogens with one attached hydrogen (secondary N) is 1. The zero-order valence-electron chi connectivity index (χ0n) is 18.8. The van der Waals surface area contributed by atoms with Gasteiger partial charge in [-0.05, 0) is 73.5 Å². The summed E-state index contributed by atoms with van der Waals surface area (Å²) in [6.45, 7) is 3.90. The summed E-state index contributed by atoms with van der Waals surface area (Å²) in [6.07, 6.45) is 0. The maximum absolute atomic E-state index is 13.7. The Morgan fingerprint density at radius 3 is 2.47 bits per heavy atom. The quantitative estimate of drug-likeness (QED) is 0.343. The van der Waals surface area contributed by atoms with Crippen LogP contribution in [0.1, 0.15) is 28.4 Å². The number of hydroxylamine groups is 1. The molecular weight excluding hydrogens is 455 g/mol. The molecule has 0 saturated heterocycles. The van der Waals surface area contributed by atoms with Crippen LogP contribution in [0.25, 0.3) is 10.9 Å². The van der Waals surface area contributed by atoms with Crippen LogP contribution in [0.3, 0.4) is 0 Å². The molecule has 0 fully saturated rings. The molecule has 34 heavy (non-hydrogen) atoms. The monoisotopic (exact) mass is 480 g/mol. The lowest BCUT2D eigenvalue weighted by atomic mass is 10.0. The van der Waals surface area contributed by atoms with Gasteiger partial charge in [0.15, 0.2) is 9.84 Å². The third-order valence-corrected chi connectivity index (χ3v) is 7.43. The van der Waals surface area contributed by atoms with Crippen molar-refractivity contribution in [3.8, 4) is 5.75 Å². The molecule has 0 aliphatic rings. The van der Waals surface area contributed by atoms with Crippen LogP contribution in [-0.2, 0) is 16.4 Å². The molecule has 3 aromatic carbocycles. The van der Waals surface area contributed by atoms with Gasteiger partial charge in [0.25, 0.3) is 0 Å². The number of fused-ring (bicyclic) bond motifs is 1. The Labute approximate surface area is 197 Å². The van der Waals surface area contributed by atoms with E-state index in [0.717, 1.165) is 16.8 Å². The number of ether oxygens (including phenoxy) is 1. The molecule has 8 heteroatoms. The highest BCUT2D eigenvalue weighted by molar-refractivity contribution is 7.91. The van der Waals surface area contributed by atoms with Crippen LogP contribution in [0.2, 0.25) is 0 Å². The SMILES string of the molecule is Cc1cc(COc2ccc(S(=O)(=O)CC(NO)c3ccccc3C)cc2)c2cc(F)ccc2n1. The van der Waals surface area contributed by atoms with Gasteiger partial charge in [0.05, 0.1) is 22.2 Å². The van der Waals surface area contributed by atoms with E-state index in [2.05, 4.69) is 10.5 Å². The van der Waals surface area contributed by atoms with Crippen molar-refractivity contribution < 1.29 is 22.8 Å². The van der Waals surface area contributed by atoms with E-state index in [9.17, 15) is 18.0 Å². The van der Waals surface area contributed by atoms with Gasteiger partial charge in [-0.15, -0.1) is 0 Å². The second-order valence-electron chi connectivity index (χ2n) is 8.16. The van der Waals surface area contributed by atoms with Crippen molar-refractivity contribution in [2.24, 2.45) is 0 Å². The van der Waals surface area contributed by atoms with E-state index < -0.39 is 15.9 Å². The number of rotatable bonds is 8. The van der Waals surface area contributed by atoms with Crippen LogP contribution in [0.5, 0.6) is 5.75 Å². The van der Waals surface area contributed by atoms with E-state index in [1.807, 2.05) is 32.0 Å². The standard InChI is InChI=1S/C26H25FN2O4S/c1-17-5-3-4-6-23(17)26(29-30)16-34(31,32)22-10-8-21(9-11-22)33-15-19-13-18(2)28-25-12-7-20(27)14-24(19)25/h3-14,26,29-30H,15-16H2,1-2H3. The average molecular weight is 481 g/mol. The number of hydrogen-bond donors (Lipinski definition) is 2. The van der Waals surface area contributed by atoms with Crippen LogP contribution >= 0.6 is 0 Å². The summed E-state index contributed by atoms with van der Waals surface area (Å²) < 4.78 is 45.5. The number of nitrogens with zero attached hydrogens (tertiary/aromatic N) is 1. The molecule has 6 nitrogen and oxygen atoms in total. The zero-order chi connectivity index (χ0) is 24.3. The van der Waals surface area contributed by atoms with E-state index in [4.69, 9.17) is 4.74 Å². The fourth-order valence-electron chi connectivity index (χ4n) is 3.93. The Balaban J connectivity index is 1.49. The summed E-state index contributed by atoms with van der Waals surface area (Å²) >= 11 is 0. The fraction of sp³-hybridized carbons (Fsp3) is 0.192. The summed E-state index contributed by atoms with van der Waals surface area (Å²) in [5, 5.41) is 10.3. The molecule has 0 amide bonds. The Kier molecular flexibility index (Phi) is 6.92. The maximum Gasteiger partial charge on any atom is 0.180 e. The maximum atomic E-state index is 13.7. The Morgan fingerprint density at radius 1 is 1.03 bits per heavy atom. The Morgan fingerprint density at radius 2 is 1.76 bits per heavy atom. The normalized spacial score (nSPS) is 12.6. The minimum absolute atomic E-state index is 0.126. The lowest BCUT2D eigenvalue weighted by Crippen LogP contribution is -2.26. The molecule has 0 saturated carbocycles. The van der Waals surface area contributed by atoms with Crippen molar-refractivity contribution in [1.29, 1.82) is 0 Å². The number of sulfone groups is 1. The lowest BCUT2D eigenvalue weighted by Gasteiger charge is -2.18. The largest absolute Gasteiger partial charge is 0.489 e. The van der Waals surface area contributed by atoms with E-state index in [1.54, 1.807) is 30.3 Å². The highest BCUT2D eigenvalue weighted by Gasteiger charge is 2.23. The van der Waals surface area contributed by atoms with Gasteiger partial charge in [-0.25, -0.2) is 12.8 Å². The molecule has 0 radical (unpaired) electrons. The first-order chi connectivity index (χ1) is 16.3. The third kappa shape index (κ3) is 5.25. The summed E-state index contributed by atoms with van der Waals surface area (Å²) in [5.41, 5.74) is 5.98. The van der Waals surface area contributed by atoms with Gasteiger partial charge in [0.2, 0.25) is 0 Å². The van der Waals surface area contributed by atoms with Crippen molar-refractivity contribution in [3.05, 3.63) is 101 Å². The third-order valence-electron chi connectivity index (χ3n) is 5.67. The van der Waals surface area contributed by atoms with Crippen LogP contribution in [0.15, 0.2) is 77.7 Å².